The monoisotopic (exact) mass is 294 g/mol. The molecule has 0 atom stereocenters. The molecule has 0 aromatic heterocycles. The highest BCUT2D eigenvalue weighted by Crippen LogP contribution is 2.18. The maximum Gasteiger partial charge on any atom is 0.238 e. The van der Waals surface area contributed by atoms with Gasteiger partial charge in [0.25, 0.3) is 0 Å². The van der Waals surface area contributed by atoms with Gasteiger partial charge in [-0.1, -0.05) is 0 Å². The second-order valence-electron chi connectivity index (χ2n) is 5.06. The van der Waals surface area contributed by atoms with Crippen LogP contribution in [0.25, 0.3) is 0 Å². The van der Waals surface area contributed by atoms with E-state index in [-0.39, 0.29) is 24.0 Å². The van der Waals surface area contributed by atoms with Crippen LogP contribution >= 0.6 is 0 Å². The Morgan fingerprint density at radius 1 is 1.29 bits per heavy atom. The molecule has 1 heterocycles. The molecule has 114 valence electrons. The highest BCUT2D eigenvalue weighted by Gasteiger charge is 2.20. The zero-order valence-electron chi connectivity index (χ0n) is 11.9. The number of carbonyl (C=O) groups excluding carboxylic acids is 2. The molecule has 3 N–H and O–H groups in total. The zero-order chi connectivity index (χ0) is 15.4. The molecule has 1 saturated heterocycles. The third-order valence-corrected chi connectivity index (χ3v) is 3.47. The first-order valence-corrected chi connectivity index (χ1v) is 6.78. The lowest BCUT2D eigenvalue weighted by molar-refractivity contribution is -0.130. The Labute approximate surface area is 122 Å². The molecule has 0 aliphatic carbocycles. The van der Waals surface area contributed by atoms with Crippen molar-refractivity contribution in [2.24, 2.45) is 0 Å². The van der Waals surface area contributed by atoms with Gasteiger partial charge in [0, 0.05) is 33.1 Å². The molecule has 1 aliphatic rings. The fraction of sp³-hybridized carbons (Fsp3) is 0.429. The SMILES string of the molecule is CC(=O)N1CCN(CC(=O)Nc2ccc(F)cc2N)CC1. The van der Waals surface area contributed by atoms with Crippen molar-refractivity contribution in [3.8, 4) is 0 Å². The minimum atomic E-state index is -0.439. The minimum absolute atomic E-state index is 0.0539. The molecule has 0 radical (unpaired) electrons. The molecule has 0 unspecified atom stereocenters. The van der Waals surface area contributed by atoms with E-state index in [1.807, 2.05) is 4.90 Å². The number of rotatable bonds is 3. The number of carbonyl (C=O) groups is 2. The van der Waals surface area contributed by atoms with E-state index in [4.69, 9.17) is 5.73 Å². The second-order valence-corrected chi connectivity index (χ2v) is 5.06. The van der Waals surface area contributed by atoms with E-state index in [0.29, 0.717) is 31.9 Å². The van der Waals surface area contributed by atoms with Crippen LogP contribution in [-0.4, -0.2) is 54.3 Å². The largest absolute Gasteiger partial charge is 0.397 e. The van der Waals surface area contributed by atoms with Crippen LogP contribution in [0.4, 0.5) is 15.8 Å². The third-order valence-electron chi connectivity index (χ3n) is 3.47. The summed E-state index contributed by atoms with van der Waals surface area (Å²) in [5.41, 5.74) is 6.25. The summed E-state index contributed by atoms with van der Waals surface area (Å²) in [7, 11) is 0. The van der Waals surface area contributed by atoms with Crippen molar-refractivity contribution in [1.82, 2.24) is 9.80 Å². The standard InChI is InChI=1S/C14H19FN4O2/c1-10(20)19-6-4-18(5-7-19)9-14(21)17-13-3-2-11(15)8-12(13)16/h2-3,8H,4-7,9,16H2,1H3,(H,17,21). The number of nitrogens with one attached hydrogen (secondary N) is 1. The lowest BCUT2D eigenvalue weighted by Gasteiger charge is -2.33. The number of nitrogen functional groups attached to an aromatic ring is 1. The Hall–Kier alpha value is -2.15. The smallest absolute Gasteiger partial charge is 0.238 e. The van der Waals surface area contributed by atoms with Crippen LogP contribution in [0.1, 0.15) is 6.92 Å². The predicted molar refractivity (Wildman–Crippen MR) is 78.1 cm³/mol. The van der Waals surface area contributed by atoms with Gasteiger partial charge in [-0.25, -0.2) is 4.39 Å². The van der Waals surface area contributed by atoms with E-state index >= 15 is 0 Å². The summed E-state index contributed by atoms with van der Waals surface area (Å²) >= 11 is 0. The van der Waals surface area contributed by atoms with Crippen molar-refractivity contribution in [3.05, 3.63) is 24.0 Å². The Morgan fingerprint density at radius 2 is 1.95 bits per heavy atom. The number of benzene rings is 1. The maximum absolute atomic E-state index is 12.9. The van der Waals surface area contributed by atoms with E-state index in [1.165, 1.54) is 18.2 Å². The summed E-state index contributed by atoms with van der Waals surface area (Å²) in [5.74, 6) is -0.589. The third kappa shape index (κ3) is 4.16. The predicted octanol–water partition coefficient (Wildman–Crippen LogP) is 0.510. The van der Waals surface area contributed by atoms with Crippen molar-refractivity contribution in [1.29, 1.82) is 0 Å². The molecule has 0 saturated carbocycles. The molecule has 6 nitrogen and oxygen atoms in total. The molecule has 1 aromatic carbocycles. The fourth-order valence-electron chi connectivity index (χ4n) is 2.26. The van der Waals surface area contributed by atoms with Crippen molar-refractivity contribution in [2.75, 3.05) is 43.8 Å². The molecular formula is C14H19FN4O2. The summed E-state index contributed by atoms with van der Waals surface area (Å²) in [4.78, 5) is 26.9. The summed E-state index contributed by atoms with van der Waals surface area (Å²) in [5, 5.41) is 2.67. The second kappa shape index (κ2) is 6.53. The summed E-state index contributed by atoms with van der Waals surface area (Å²) < 4.78 is 12.9. The Balaban J connectivity index is 1.84. The van der Waals surface area contributed by atoms with E-state index in [1.54, 1.807) is 11.8 Å². The zero-order valence-corrected chi connectivity index (χ0v) is 11.9. The topological polar surface area (TPSA) is 78.7 Å². The summed E-state index contributed by atoms with van der Waals surface area (Å²) in [6, 6.07) is 3.86. The van der Waals surface area contributed by atoms with Crippen LogP contribution in [0, 0.1) is 5.82 Å². The van der Waals surface area contributed by atoms with Crippen LogP contribution < -0.4 is 11.1 Å². The Kier molecular flexibility index (Phi) is 4.74. The van der Waals surface area contributed by atoms with E-state index < -0.39 is 5.82 Å². The number of anilines is 2. The van der Waals surface area contributed by atoms with E-state index in [9.17, 15) is 14.0 Å². The maximum atomic E-state index is 12.9. The van der Waals surface area contributed by atoms with Crippen LogP contribution in [0.5, 0.6) is 0 Å². The van der Waals surface area contributed by atoms with Gasteiger partial charge in [0.1, 0.15) is 5.82 Å². The molecule has 7 heteroatoms. The number of nitrogens with two attached hydrogens (primary N) is 1. The Morgan fingerprint density at radius 3 is 2.52 bits per heavy atom. The first-order chi connectivity index (χ1) is 9.95. The van der Waals surface area contributed by atoms with Crippen molar-refractivity contribution in [2.45, 2.75) is 6.92 Å². The van der Waals surface area contributed by atoms with Crippen molar-refractivity contribution >= 4 is 23.2 Å². The first kappa shape index (κ1) is 15.2. The lowest BCUT2D eigenvalue weighted by Crippen LogP contribution is -2.49. The number of hydrogen-bond acceptors (Lipinski definition) is 4. The van der Waals surface area contributed by atoms with Crippen LogP contribution in [0.3, 0.4) is 0 Å². The lowest BCUT2D eigenvalue weighted by atomic mass is 10.2. The number of amides is 2. The quantitative estimate of drug-likeness (QED) is 0.796. The van der Waals surface area contributed by atoms with Gasteiger partial charge in [0.15, 0.2) is 0 Å². The molecule has 2 rings (SSSR count). The normalized spacial score (nSPS) is 15.8. The summed E-state index contributed by atoms with van der Waals surface area (Å²) in [6.45, 7) is 4.34. The molecular weight excluding hydrogens is 275 g/mol. The van der Waals surface area contributed by atoms with Gasteiger partial charge in [-0.2, -0.15) is 0 Å². The van der Waals surface area contributed by atoms with Gasteiger partial charge in [0.05, 0.1) is 17.9 Å². The Bertz CT molecular complexity index is 542. The molecule has 1 fully saturated rings. The number of nitrogens with zero attached hydrogens (tertiary/aromatic N) is 2. The van der Waals surface area contributed by atoms with Crippen molar-refractivity contribution in [3.63, 3.8) is 0 Å². The van der Waals surface area contributed by atoms with E-state index in [2.05, 4.69) is 5.32 Å². The van der Waals surface area contributed by atoms with Gasteiger partial charge in [-0.05, 0) is 18.2 Å². The average molecular weight is 294 g/mol. The molecule has 1 aromatic rings. The summed E-state index contributed by atoms with van der Waals surface area (Å²) in [6.07, 6.45) is 0. The van der Waals surface area contributed by atoms with E-state index in [0.717, 1.165) is 0 Å². The number of piperazine rings is 1. The van der Waals surface area contributed by atoms with Crippen LogP contribution in [0.15, 0.2) is 18.2 Å². The molecule has 21 heavy (non-hydrogen) atoms. The fourth-order valence-corrected chi connectivity index (χ4v) is 2.26. The van der Waals surface area contributed by atoms with Gasteiger partial charge in [-0.3, -0.25) is 14.5 Å². The molecule has 0 spiro atoms. The molecule has 1 aliphatic heterocycles. The minimum Gasteiger partial charge on any atom is -0.397 e. The first-order valence-electron chi connectivity index (χ1n) is 6.78. The molecule has 0 bridgehead atoms. The average Bonchev–Trinajstić information content (AvgIpc) is 2.42. The van der Waals surface area contributed by atoms with Gasteiger partial charge >= 0.3 is 0 Å². The van der Waals surface area contributed by atoms with Gasteiger partial charge in [0.2, 0.25) is 11.8 Å². The number of hydrogen-bond donors (Lipinski definition) is 2. The highest BCUT2D eigenvalue weighted by molar-refractivity contribution is 5.95. The van der Waals surface area contributed by atoms with Crippen LogP contribution in [-0.2, 0) is 9.59 Å². The highest BCUT2D eigenvalue weighted by atomic mass is 19.1. The van der Waals surface area contributed by atoms with Gasteiger partial charge < -0.3 is 16.0 Å². The van der Waals surface area contributed by atoms with Crippen molar-refractivity contribution < 1.29 is 14.0 Å². The number of halogens is 1. The molecule has 2 amide bonds. The van der Waals surface area contributed by atoms with Gasteiger partial charge in [-0.15, -0.1) is 0 Å². The van der Waals surface area contributed by atoms with Crippen LogP contribution in [0.2, 0.25) is 0 Å².